The highest BCUT2D eigenvalue weighted by molar-refractivity contribution is 7.98. The molecule has 3 aromatic rings. The normalized spacial score (nSPS) is 11.7. The van der Waals surface area contributed by atoms with E-state index >= 15 is 0 Å². The van der Waals surface area contributed by atoms with Gasteiger partial charge in [-0.05, 0) is 31.9 Å². The van der Waals surface area contributed by atoms with Crippen LogP contribution in [0.4, 0.5) is 0 Å². The number of thioether (sulfide) groups is 1. The number of rotatable bonds is 5. The van der Waals surface area contributed by atoms with Crippen LogP contribution in [0.25, 0.3) is 5.65 Å². The molecule has 0 bridgehead atoms. The van der Waals surface area contributed by atoms with Gasteiger partial charge in [0.05, 0.1) is 11.4 Å². The summed E-state index contributed by atoms with van der Waals surface area (Å²) in [6, 6.07) is 6.07. The summed E-state index contributed by atoms with van der Waals surface area (Å²) < 4.78 is 4.40. The number of fused-ring (bicyclic) bond motifs is 1. The molecule has 0 saturated carbocycles. The summed E-state index contributed by atoms with van der Waals surface area (Å²) in [6.07, 6.45) is 4.13. The number of imidazole rings is 2. The van der Waals surface area contributed by atoms with Gasteiger partial charge in [0.1, 0.15) is 5.65 Å². The van der Waals surface area contributed by atoms with Crippen LogP contribution in [0.2, 0.25) is 0 Å². The first-order valence-corrected chi connectivity index (χ1v) is 8.62. The molecule has 116 valence electrons. The second-order valence-electron chi connectivity index (χ2n) is 6.06. The van der Waals surface area contributed by atoms with E-state index in [2.05, 4.69) is 47.8 Å². The van der Waals surface area contributed by atoms with Gasteiger partial charge in [0.2, 0.25) is 0 Å². The summed E-state index contributed by atoms with van der Waals surface area (Å²) in [5.74, 6) is 1.46. The Bertz CT molecular complexity index is 752. The summed E-state index contributed by atoms with van der Waals surface area (Å²) in [5.41, 5.74) is 4.48. The van der Waals surface area contributed by atoms with Crippen molar-refractivity contribution in [3.63, 3.8) is 0 Å². The van der Waals surface area contributed by atoms with E-state index in [1.807, 2.05) is 24.4 Å². The molecule has 4 nitrogen and oxygen atoms in total. The number of aryl methyl sites for hydroxylation is 1. The minimum Gasteiger partial charge on any atom is -0.323 e. The first-order valence-electron chi connectivity index (χ1n) is 7.63. The third-order valence-corrected chi connectivity index (χ3v) is 4.74. The lowest BCUT2D eigenvalue weighted by molar-refractivity contribution is 0.486. The van der Waals surface area contributed by atoms with E-state index in [1.54, 1.807) is 11.8 Å². The SMILES string of the molecule is Cc1nc(SCc2cn3ccccc3n2)n(CC(C)C)c1C. The molecular weight excluding hydrogens is 292 g/mol. The molecule has 0 saturated heterocycles. The molecule has 0 aromatic carbocycles. The average molecular weight is 314 g/mol. The maximum atomic E-state index is 4.72. The van der Waals surface area contributed by atoms with Crippen molar-refractivity contribution in [2.75, 3.05) is 0 Å². The highest BCUT2D eigenvalue weighted by Crippen LogP contribution is 2.25. The highest BCUT2D eigenvalue weighted by atomic mass is 32.2. The number of nitrogens with zero attached hydrogens (tertiary/aromatic N) is 4. The Hall–Kier alpha value is -1.75. The number of pyridine rings is 1. The van der Waals surface area contributed by atoms with Crippen molar-refractivity contribution in [3.05, 3.63) is 47.7 Å². The lowest BCUT2D eigenvalue weighted by atomic mass is 10.2. The van der Waals surface area contributed by atoms with Gasteiger partial charge in [0.15, 0.2) is 5.16 Å². The quantitative estimate of drug-likeness (QED) is 0.665. The lowest BCUT2D eigenvalue weighted by Gasteiger charge is -2.11. The molecule has 22 heavy (non-hydrogen) atoms. The fraction of sp³-hybridized carbons (Fsp3) is 0.412. The second-order valence-corrected chi connectivity index (χ2v) is 7.00. The Labute approximate surface area is 135 Å². The Morgan fingerprint density at radius 3 is 2.73 bits per heavy atom. The van der Waals surface area contributed by atoms with Gasteiger partial charge in [-0.15, -0.1) is 0 Å². The minimum absolute atomic E-state index is 0.613. The summed E-state index contributed by atoms with van der Waals surface area (Å²) in [5, 5.41) is 1.10. The van der Waals surface area contributed by atoms with E-state index in [-0.39, 0.29) is 0 Å². The highest BCUT2D eigenvalue weighted by Gasteiger charge is 2.13. The van der Waals surface area contributed by atoms with Crippen molar-refractivity contribution in [2.24, 2.45) is 5.92 Å². The fourth-order valence-corrected chi connectivity index (χ4v) is 3.49. The molecule has 5 heteroatoms. The Morgan fingerprint density at radius 2 is 2.00 bits per heavy atom. The van der Waals surface area contributed by atoms with Crippen LogP contribution in [0.15, 0.2) is 35.7 Å². The van der Waals surface area contributed by atoms with E-state index < -0.39 is 0 Å². The molecule has 3 rings (SSSR count). The standard InChI is InChI=1S/C17H22N4S/c1-12(2)9-21-14(4)13(3)18-17(21)22-11-15-10-20-8-6-5-7-16(20)19-15/h5-8,10,12H,9,11H2,1-4H3. The van der Waals surface area contributed by atoms with Gasteiger partial charge in [-0.3, -0.25) is 0 Å². The molecule has 0 aliphatic heterocycles. The topological polar surface area (TPSA) is 35.1 Å². The van der Waals surface area contributed by atoms with Gasteiger partial charge >= 0.3 is 0 Å². The second kappa shape index (κ2) is 6.16. The zero-order valence-electron chi connectivity index (χ0n) is 13.6. The molecule has 3 heterocycles. The zero-order valence-corrected chi connectivity index (χ0v) is 14.4. The van der Waals surface area contributed by atoms with Crippen molar-refractivity contribution < 1.29 is 0 Å². The first-order chi connectivity index (χ1) is 10.5. The molecular formula is C17H22N4S. The Balaban J connectivity index is 1.79. The van der Waals surface area contributed by atoms with Crippen LogP contribution in [0.3, 0.4) is 0 Å². The van der Waals surface area contributed by atoms with Crippen molar-refractivity contribution in [2.45, 2.75) is 45.1 Å². The van der Waals surface area contributed by atoms with Gasteiger partial charge in [-0.25, -0.2) is 9.97 Å². The molecule has 0 atom stereocenters. The molecule has 0 aliphatic rings. The third-order valence-electron chi connectivity index (χ3n) is 3.73. The van der Waals surface area contributed by atoms with Crippen molar-refractivity contribution in [3.8, 4) is 0 Å². The van der Waals surface area contributed by atoms with Crippen molar-refractivity contribution >= 4 is 17.4 Å². The van der Waals surface area contributed by atoms with E-state index in [1.165, 1.54) is 5.69 Å². The van der Waals surface area contributed by atoms with E-state index in [0.717, 1.165) is 34.5 Å². The smallest absolute Gasteiger partial charge is 0.168 e. The molecule has 0 radical (unpaired) electrons. The van der Waals surface area contributed by atoms with E-state index in [0.29, 0.717) is 5.92 Å². The fourth-order valence-electron chi connectivity index (χ4n) is 2.51. The van der Waals surface area contributed by atoms with Gasteiger partial charge in [-0.1, -0.05) is 31.7 Å². The molecule has 3 aromatic heterocycles. The number of hydrogen-bond donors (Lipinski definition) is 0. The van der Waals surface area contributed by atoms with Crippen LogP contribution in [-0.4, -0.2) is 18.9 Å². The predicted octanol–water partition coefficient (Wildman–Crippen LogP) is 4.10. The number of hydrogen-bond acceptors (Lipinski definition) is 3. The molecule has 0 amide bonds. The van der Waals surface area contributed by atoms with Gasteiger partial charge in [0.25, 0.3) is 0 Å². The van der Waals surface area contributed by atoms with Crippen LogP contribution in [-0.2, 0) is 12.3 Å². The maximum Gasteiger partial charge on any atom is 0.168 e. The Kier molecular flexibility index (Phi) is 4.25. The van der Waals surface area contributed by atoms with E-state index in [4.69, 9.17) is 4.98 Å². The maximum absolute atomic E-state index is 4.72. The number of aromatic nitrogens is 4. The molecule has 0 unspecified atom stereocenters. The summed E-state index contributed by atoms with van der Waals surface area (Å²) in [7, 11) is 0. The van der Waals surface area contributed by atoms with Crippen LogP contribution in [0.5, 0.6) is 0 Å². The lowest BCUT2D eigenvalue weighted by Crippen LogP contribution is -2.07. The largest absolute Gasteiger partial charge is 0.323 e. The summed E-state index contributed by atoms with van der Waals surface area (Å²) >= 11 is 1.77. The minimum atomic E-state index is 0.613. The molecule has 0 aliphatic carbocycles. The monoisotopic (exact) mass is 314 g/mol. The molecule has 0 spiro atoms. The average Bonchev–Trinajstić information content (AvgIpc) is 3.00. The predicted molar refractivity (Wildman–Crippen MR) is 91.3 cm³/mol. The van der Waals surface area contributed by atoms with Gasteiger partial charge in [-0.2, -0.15) is 0 Å². The zero-order chi connectivity index (χ0) is 15.7. The van der Waals surface area contributed by atoms with Crippen LogP contribution in [0, 0.1) is 19.8 Å². The van der Waals surface area contributed by atoms with Crippen molar-refractivity contribution in [1.29, 1.82) is 0 Å². The van der Waals surface area contributed by atoms with E-state index in [9.17, 15) is 0 Å². The van der Waals surface area contributed by atoms with Crippen molar-refractivity contribution in [1.82, 2.24) is 18.9 Å². The molecule has 0 fully saturated rings. The van der Waals surface area contributed by atoms with Gasteiger partial charge < -0.3 is 8.97 Å². The molecule has 0 N–H and O–H groups in total. The van der Waals surface area contributed by atoms with Crippen LogP contribution < -0.4 is 0 Å². The third kappa shape index (κ3) is 3.04. The summed E-state index contributed by atoms with van der Waals surface area (Å²) in [6.45, 7) is 9.73. The van der Waals surface area contributed by atoms with Crippen LogP contribution in [0.1, 0.15) is 30.9 Å². The van der Waals surface area contributed by atoms with Gasteiger partial charge in [0, 0.05) is 30.4 Å². The van der Waals surface area contributed by atoms with Crippen LogP contribution >= 0.6 is 11.8 Å². The first kappa shape index (κ1) is 15.2. The Morgan fingerprint density at radius 1 is 1.18 bits per heavy atom. The summed E-state index contributed by atoms with van der Waals surface area (Å²) in [4.78, 5) is 9.38.